The SMILES string of the molecule is CC(C)(C)c1ccc(C(C)(C)CCC(C)(C)c2cnc(C(C)(C)C)o2)o1. The Labute approximate surface area is 159 Å². The number of furan rings is 1. The molecule has 0 aromatic carbocycles. The van der Waals surface area contributed by atoms with E-state index in [2.05, 4.69) is 86.4 Å². The Morgan fingerprint density at radius 3 is 1.58 bits per heavy atom. The summed E-state index contributed by atoms with van der Waals surface area (Å²) in [4.78, 5) is 4.50. The minimum atomic E-state index is -0.0644. The van der Waals surface area contributed by atoms with Crippen LogP contribution in [0.25, 0.3) is 0 Å². The molecule has 0 atom stereocenters. The monoisotopic (exact) mass is 359 g/mol. The van der Waals surface area contributed by atoms with Crippen LogP contribution in [0.15, 0.2) is 27.2 Å². The Morgan fingerprint density at radius 1 is 0.654 bits per heavy atom. The van der Waals surface area contributed by atoms with Gasteiger partial charge in [-0.3, -0.25) is 0 Å². The van der Waals surface area contributed by atoms with Crippen molar-refractivity contribution in [2.75, 3.05) is 0 Å². The number of rotatable bonds is 5. The maximum Gasteiger partial charge on any atom is 0.199 e. The zero-order valence-corrected chi connectivity index (χ0v) is 18.4. The average Bonchev–Trinajstić information content (AvgIpc) is 3.13. The molecule has 3 nitrogen and oxygen atoms in total. The molecule has 0 saturated carbocycles. The van der Waals surface area contributed by atoms with Crippen molar-refractivity contribution in [2.45, 2.75) is 104 Å². The second-order valence-corrected chi connectivity index (χ2v) is 11.0. The summed E-state index contributed by atoms with van der Waals surface area (Å²) < 4.78 is 12.3. The smallest absolute Gasteiger partial charge is 0.199 e. The van der Waals surface area contributed by atoms with Crippen LogP contribution >= 0.6 is 0 Å². The van der Waals surface area contributed by atoms with E-state index in [4.69, 9.17) is 8.83 Å². The van der Waals surface area contributed by atoms with E-state index in [0.29, 0.717) is 0 Å². The molecule has 2 aromatic heterocycles. The van der Waals surface area contributed by atoms with Gasteiger partial charge in [0, 0.05) is 21.7 Å². The van der Waals surface area contributed by atoms with Gasteiger partial charge in [-0.2, -0.15) is 0 Å². The topological polar surface area (TPSA) is 39.2 Å². The van der Waals surface area contributed by atoms with Gasteiger partial charge in [0.1, 0.15) is 17.3 Å². The van der Waals surface area contributed by atoms with Gasteiger partial charge in [-0.05, 0) is 25.0 Å². The van der Waals surface area contributed by atoms with Crippen molar-refractivity contribution in [3.63, 3.8) is 0 Å². The molecule has 0 aliphatic carbocycles. The molecule has 0 radical (unpaired) electrons. The number of oxazole rings is 1. The van der Waals surface area contributed by atoms with Crippen LogP contribution in [-0.4, -0.2) is 4.98 Å². The Hall–Kier alpha value is -1.51. The van der Waals surface area contributed by atoms with Crippen molar-refractivity contribution in [1.29, 1.82) is 0 Å². The predicted octanol–water partition coefficient (Wildman–Crippen LogP) is 6.90. The number of hydrogen-bond donors (Lipinski definition) is 0. The van der Waals surface area contributed by atoms with Crippen LogP contribution in [-0.2, 0) is 21.7 Å². The van der Waals surface area contributed by atoms with Gasteiger partial charge in [0.2, 0.25) is 0 Å². The van der Waals surface area contributed by atoms with Gasteiger partial charge < -0.3 is 8.83 Å². The largest absolute Gasteiger partial charge is 0.465 e. The third-order valence-corrected chi connectivity index (χ3v) is 5.20. The van der Waals surface area contributed by atoms with Crippen LogP contribution in [0.3, 0.4) is 0 Å². The minimum Gasteiger partial charge on any atom is -0.465 e. The molecule has 0 unspecified atom stereocenters. The lowest BCUT2D eigenvalue weighted by Crippen LogP contribution is -2.24. The summed E-state index contributed by atoms with van der Waals surface area (Å²) >= 11 is 0. The van der Waals surface area contributed by atoms with Crippen LogP contribution < -0.4 is 0 Å². The molecule has 2 heterocycles. The van der Waals surface area contributed by atoms with Gasteiger partial charge in [0.25, 0.3) is 0 Å². The van der Waals surface area contributed by atoms with Crippen molar-refractivity contribution in [3.8, 4) is 0 Å². The van der Waals surface area contributed by atoms with Gasteiger partial charge in [-0.15, -0.1) is 0 Å². The van der Waals surface area contributed by atoms with E-state index >= 15 is 0 Å². The summed E-state index contributed by atoms with van der Waals surface area (Å²) in [5.74, 6) is 3.88. The molecule has 0 amide bonds. The summed E-state index contributed by atoms with van der Waals surface area (Å²) in [5, 5.41) is 0. The summed E-state index contributed by atoms with van der Waals surface area (Å²) in [7, 11) is 0. The highest BCUT2D eigenvalue weighted by atomic mass is 16.4. The second kappa shape index (κ2) is 6.58. The van der Waals surface area contributed by atoms with E-state index in [1.165, 1.54) is 0 Å². The highest BCUT2D eigenvalue weighted by molar-refractivity contribution is 5.20. The van der Waals surface area contributed by atoms with Gasteiger partial charge in [-0.25, -0.2) is 4.98 Å². The first-order valence-corrected chi connectivity index (χ1v) is 9.70. The van der Waals surface area contributed by atoms with Gasteiger partial charge in [0.05, 0.1) is 6.20 Å². The fraction of sp³-hybridized carbons (Fsp3) is 0.696. The Bertz CT molecular complexity index is 669. The zero-order valence-electron chi connectivity index (χ0n) is 18.4. The first kappa shape index (κ1) is 20.8. The van der Waals surface area contributed by atoms with E-state index in [1.807, 2.05) is 6.20 Å². The summed E-state index contributed by atoms with van der Waals surface area (Å²) in [6, 6.07) is 4.26. The van der Waals surface area contributed by atoms with Crippen LogP contribution in [0.1, 0.15) is 105 Å². The zero-order chi connectivity index (χ0) is 20.0. The fourth-order valence-corrected chi connectivity index (χ4v) is 2.91. The van der Waals surface area contributed by atoms with Crippen LogP contribution in [0.4, 0.5) is 0 Å². The second-order valence-electron chi connectivity index (χ2n) is 11.0. The van der Waals surface area contributed by atoms with Crippen molar-refractivity contribution in [2.24, 2.45) is 0 Å². The minimum absolute atomic E-state index is 0.0202. The highest BCUT2D eigenvalue weighted by Gasteiger charge is 2.33. The first-order chi connectivity index (χ1) is 11.6. The summed E-state index contributed by atoms with van der Waals surface area (Å²) in [5.41, 5.74) is -0.108. The Balaban J connectivity index is 2.12. The summed E-state index contributed by atoms with van der Waals surface area (Å²) in [6.07, 6.45) is 3.92. The maximum absolute atomic E-state index is 6.20. The third kappa shape index (κ3) is 4.61. The number of aromatic nitrogens is 1. The molecule has 26 heavy (non-hydrogen) atoms. The number of nitrogens with zero attached hydrogens (tertiary/aromatic N) is 1. The van der Waals surface area contributed by atoms with Gasteiger partial charge in [-0.1, -0.05) is 69.2 Å². The quantitative estimate of drug-likeness (QED) is 0.583. The van der Waals surface area contributed by atoms with Gasteiger partial charge >= 0.3 is 0 Å². The van der Waals surface area contributed by atoms with Gasteiger partial charge in [0.15, 0.2) is 5.89 Å². The lowest BCUT2D eigenvalue weighted by atomic mass is 9.77. The van der Waals surface area contributed by atoms with E-state index in [0.717, 1.165) is 36.0 Å². The molecule has 0 aliphatic heterocycles. The molecule has 0 N–H and O–H groups in total. The molecule has 0 aliphatic rings. The molecule has 2 aromatic rings. The molecule has 0 fully saturated rings. The van der Waals surface area contributed by atoms with Crippen LogP contribution in [0, 0.1) is 0 Å². The number of hydrogen-bond acceptors (Lipinski definition) is 3. The van der Waals surface area contributed by atoms with E-state index < -0.39 is 0 Å². The van der Waals surface area contributed by atoms with E-state index in [1.54, 1.807) is 0 Å². The van der Waals surface area contributed by atoms with Crippen LogP contribution in [0.2, 0.25) is 0 Å². The third-order valence-electron chi connectivity index (χ3n) is 5.20. The summed E-state index contributed by atoms with van der Waals surface area (Å²) in [6.45, 7) is 21.9. The highest BCUT2D eigenvalue weighted by Crippen LogP contribution is 2.38. The van der Waals surface area contributed by atoms with E-state index in [9.17, 15) is 0 Å². The van der Waals surface area contributed by atoms with Crippen molar-refractivity contribution >= 4 is 0 Å². The lowest BCUT2D eigenvalue weighted by Gasteiger charge is -2.29. The van der Waals surface area contributed by atoms with Crippen molar-refractivity contribution in [3.05, 3.63) is 41.5 Å². The normalized spacial score (nSPS) is 14.1. The standard InChI is InChI=1S/C23H37NO2/c1-20(2,3)16-11-12-17(25-16)22(7,8)13-14-23(9,10)18-15-24-19(26-18)21(4,5)6/h11-12,15H,13-14H2,1-10H3. The first-order valence-electron chi connectivity index (χ1n) is 9.70. The molecular formula is C23H37NO2. The molecular weight excluding hydrogens is 322 g/mol. The fourth-order valence-electron chi connectivity index (χ4n) is 2.91. The van der Waals surface area contributed by atoms with Crippen molar-refractivity contribution in [1.82, 2.24) is 4.98 Å². The van der Waals surface area contributed by atoms with Crippen molar-refractivity contribution < 1.29 is 8.83 Å². The Kier molecular flexibility index (Phi) is 5.26. The molecule has 0 spiro atoms. The molecule has 0 saturated heterocycles. The molecule has 146 valence electrons. The predicted molar refractivity (Wildman–Crippen MR) is 108 cm³/mol. The molecule has 2 rings (SSSR count). The lowest BCUT2D eigenvalue weighted by molar-refractivity contribution is 0.271. The average molecular weight is 360 g/mol. The van der Waals surface area contributed by atoms with Crippen LogP contribution in [0.5, 0.6) is 0 Å². The maximum atomic E-state index is 6.20. The Morgan fingerprint density at radius 2 is 1.15 bits per heavy atom. The van der Waals surface area contributed by atoms with E-state index in [-0.39, 0.29) is 21.7 Å². The molecule has 0 bridgehead atoms. The molecule has 3 heteroatoms.